The Bertz CT molecular complexity index is 731. The first kappa shape index (κ1) is 16.1. The zero-order valence-corrected chi connectivity index (χ0v) is 13.3. The molecule has 0 saturated heterocycles. The predicted molar refractivity (Wildman–Crippen MR) is 83.2 cm³/mol. The van der Waals surface area contributed by atoms with Crippen LogP contribution in [0.3, 0.4) is 0 Å². The number of sulfonamides is 1. The average molecular weight is 349 g/mol. The summed E-state index contributed by atoms with van der Waals surface area (Å²) in [6, 6.07) is 4.54. The molecule has 0 aliphatic carbocycles. The van der Waals surface area contributed by atoms with E-state index < -0.39 is 10.0 Å². The van der Waals surface area contributed by atoms with Crippen LogP contribution in [0.2, 0.25) is 10.0 Å². The van der Waals surface area contributed by atoms with Crippen LogP contribution in [0.4, 0.5) is 5.69 Å². The highest BCUT2D eigenvalue weighted by molar-refractivity contribution is 7.92. The molecule has 3 N–H and O–H groups in total. The maximum atomic E-state index is 12.3. The van der Waals surface area contributed by atoms with Crippen molar-refractivity contribution in [2.24, 2.45) is 5.73 Å². The van der Waals surface area contributed by atoms with Crippen LogP contribution < -0.4 is 10.5 Å². The maximum Gasteiger partial charge on any atom is 0.265 e. The summed E-state index contributed by atoms with van der Waals surface area (Å²) < 4.78 is 28.4. The summed E-state index contributed by atoms with van der Waals surface area (Å²) in [5, 5.41) is 4.63. The molecule has 0 aliphatic heterocycles. The number of nitrogens with zero attached hydrogens (tertiary/aromatic N) is 2. The Kier molecular flexibility index (Phi) is 5.10. The van der Waals surface area contributed by atoms with Crippen LogP contribution in [0.25, 0.3) is 0 Å². The van der Waals surface area contributed by atoms with Gasteiger partial charge in [-0.15, -0.1) is 0 Å². The number of nitrogens with one attached hydrogen (secondary N) is 1. The van der Waals surface area contributed by atoms with Gasteiger partial charge in [0.2, 0.25) is 0 Å². The Morgan fingerprint density at radius 1 is 1.33 bits per heavy atom. The van der Waals surface area contributed by atoms with Crippen molar-refractivity contribution >= 4 is 38.9 Å². The molecule has 0 atom stereocenters. The number of aryl methyl sites for hydroxylation is 1. The Morgan fingerprint density at radius 2 is 2.10 bits per heavy atom. The quantitative estimate of drug-likeness (QED) is 0.838. The van der Waals surface area contributed by atoms with Crippen molar-refractivity contribution in [2.75, 3.05) is 11.3 Å². The fraction of sp³-hybridized carbons (Fsp3) is 0.250. The monoisotopic (exact) mass is 348 g/mol. The molecule has 21 heavy (non-hydrogen) atoms. The van der Waals surface area contributed by atoms with Crippen molar-refractivity contribution in [2.45, 2.75) is 17.9 Å². The second-order valence-electron chi connectivity index (χ2n) is 4.31. The third kappa shape index (κ3) is 4.10. The number of halogens is 2. The normalized spacial score (nSPS) is 11.6. The topological polar surface area (TPSA) is 90.0 Å². The highest BCUT2D eigenvalue weighted by Crippen LogP contribution is 2.27. The summed E-state index contributed by atoms with van der Waals surface area (Å²) in [5.41, 5.74) is 5.62. The summed E-state index contributed by atoms with van der Waals surface area (Å²) in [4.78, 5) is 0.0514. The molecule has 2 aromatic rings. The van der Waals surface area contributed by atoms with Gasteiger partial charge in [0.15, 0.2) is 0 Å². The van der Waals surface area contributed by atoms with Gasteiger partial charge >= 0.3 is 0 Å². The largest absolute Gasteiger partial charge is 0.330 e. The number of anilines is 1. The molecular weight excluding hydrogens is 335 g/mol. The zero-order valence-electron chi connectivity index (χ0n) is 11.0. The first-order valence-corrected chi connectivity index (χ1v) is 8.36. The van der Waals surface area contributed by atoms with Gasteiger partial charge in [0, 0.05) is 17.8 Å². The molecule has 1 aromatic heterocycles. The molecule has 0 saturated carbocycles. The maximum absolute atomic E-state index is 12.3. The van der Waals surface area contributed by atoms with Crippen LogP contribution in [0, 0.1) is 0 Å². The molecule has 1 heterocycles. The molecule has 0 bridgehead atoms. The second-order valence-corrected chi connectivity index (χ2v) is 6.84. The first-order chi connectivity index (χ1) is 9.92. The smallest absolute Gasteiger partial charge is 0.265 e. The van der Waals surface area contributed by atoms with E-state index in [0.717, 1.165) is 0 Å². The fourth-order valence-electron chi connectivity index (χ4n) is 1.64. The van der Waals surface area contributed by atoms with Gasteiger partial charge in [0.1, 0.15) is 4.90 Å². The lowest BCUT2D eigenvalue weighted by molar-refractivity contribution is 0.582. The lowest BCUT2D eigenvalue weighted by atomic mass is 10.3. The van der Waals surface area contributed by atoms with Gasteiger partial charge < -0.3 is 5.73 Å². The van der Waals surface area contributed by atoms with E-state index in [1.54, 1.807) is 6.07 Å². The van der Waals surface area contributed by atoms with Crippen LogP contribution >= 0.6 is 23.2 Å². The van der Waals surface area contributed by atoms with Crippen LogP contribution in [0.15, 0.2) is 35.5 Å². The van der Waals surface area contributed by atoms with E-state index in [1.165, 1.54) is 29.2 Å². The van der Waals surface area contributed by atoms with Crippen molar-refractivity contribution in [1.29, 1.82) is 0 Å². The van der Waals surface area contributed by atoms with E-state index in [9.17, 15) is 8.42 Å². The summed E-state index contributed by atoms with van der Waals surface area (Å²) in [7, 11) is -3.76. The standard InChI is InChI=1S/C12H14Cl2N4O2S/c13-9-2-3-11(14)12(6-9)17-21(19,20)10-7-16-18(8-10)5-1-4-15/h2-3,6-8,17H,1,4-5,15H2. The van der Waals surface area contributed by atoms with Crippen molar-refractivity contribution < 1.29 is 8.42 Å². The molecule has 6 nitrogen and oxygen atoms in total. The first-order valence-electron chi connectivity index (χ1n) is 6.13. The van der Waals surface area contributed by atoms with Crippen LogP contribution in [0.1, 0.15) is 6.42 Å². The van der Waals surface area contributed by atoms with Gasteiger partial charge in [-0.25, -0.2) is 8.42 Å². The van der Waals surface area contributed by atoms with Gasteiger partial charge in [-0.05, 0) is 31.2 Å². The van der Waals surface area contributed by atoms with E-state index in [2.05, 4.69) is 9.82 Å². The van der Waals surface area contributed by atoms with E-state index in [4.69, 9.17) is 28.9 Å². The van der Waals surface area contributed by atoms with Crippen molar-refractivity contribution in [1.82, 2.24) is 9.78 Å². The lowest BCUT2D eigenvalue weighted by Gasteiger charge is -2.08. The third-order valence-electron chi connectivity index (χ3n) is 2.68. The number of nitrogens with two attached hydrogens (primary N) is 1. The van der Waals surface area contributed by atoms with Crippen LogP contribution in [-0.2, 0) is 16.6 Å². The van der Waals surface area contributed by atoms with Gasteiger partial charge in [-0.2, -0.15) is 5.10 Å². The Balaban J connectivity index is 2.22. The molecular formula is C12H14Cl2N4O2S. The zero-order chi connectivity index (χ0) is 15.5. The number of benzene rings is 1. The summed E-state index contributed by atoms with van der Waals surface area (Å²) in [6.45, 7) is 1.07. The molecule has 2 rings (SSSR count). The highest BCUT2D eigenvalue weighted by Gasteiger charge is 2.18. The number of aromatic nitrogens is 2. The fourth-order valence-corrected chi connectivity index (χ4v) is 3.05. The average Bonchev–Trinajstić information content (AvgIpc) is 2.90. The SMILES string of the molecule is NCCCn1cc(S(=O)(=O)Nc2cc(Cl)ccc2Cl)cn1. The molecule has 0 fully saturated rings. The van der Waals surface area contributed by atoms with Gasteiger partial charge in [-0.3, -0.25) is 9.40 Å². The van der Waals surface area contributed by atoms with Gasteiger partial charge in [0.25, 0.3) is 10.0 Å². The molecule has 9 heteroatoms. The minimum atomic E-state index is -3.76. The molecule has 0 amide bonds. The van der Waals surface area contributed by atoms with Crippen molar-refractivity contribution in [3.63, 3.8) is 0 Å². The molecule has 0 unspecified atom stereocenters. The summed E-state index contributed by atoms with van der Waals surface area (Å²) in [6.07, 6.45) is 3.43. The third-order valence-corrected chi connectivity index (χ3v) is 4.57. The lowest BCUT2D eigenvalue weighted by Crippen LogP contribution is -2.13. The second kappa shape index (κ2) is 6.65. The van der Waals surface area contributed by atoms with E-state index in [0.29, 0.717) is 24.5 Å². The molecule has 0 radical (unpaired) electrons. The Labute approximate surface area is 132 Å². The van der Waals surface area contributed by atoms with Crippen LogP contribution in [0.5, 0.6) is 0 Å². The predicted octanol–water partition coefficient (Wildman–Crippen LogP) is 2.34. The van der Waals surface area contributed by atoms with Gasteiger partial charge in [-0.1, -0.05) is 23.2 Å². The molecule has 0 aliphatic rings. The Morgan fingerprint density at radius 3 is 2.81 bits per heavy atom. The number of rotatable bonds is 6. The van der Waals surface area contributed by atoms with E-state index in [1.807, 2.05) is 0 Å². The van der Waals surface area contributed by atoms with E-state index in [-0.39, 0.29) is 15.6 Å². The van der Waals surface area contributed by atoms with E-state index >= 15 is 0 Å². The van der Waals surface area contributed by atoms with Gasteiger partial charge in [0.05, 0.1) is 16.9 Å². The van der Waals surface area contributed by atoms with Crippen molar-refractivity contribution in [3.8, 4) is 0 Å². The number of hydrogen-bond donors (Lipinski definition) is 2. The number of hydrogen-bond acceptors (Lipinski definition) is 4. The van der Waals surface area contributed by atoms with Crippen LogP contribution in [-0.4, -0.2) is 24.7 Å². The highest BCUT2D eigenvalue weighted by atomic mass is 35.5. The summed E-state index contributed by atoms with van der Waals surface area (Å²) >= 11 is 11.8. The summed E-state index contributed by atoms with van der Waals surface area (Å²) in [5.74, 6) is 0. The molecule has 1 aromatic carbocycles. The van der Waals surface area contributed by atoms with Crippen molar-refractivity contribution in [3.05, 3.63) is 40.6 Å². The minimum Gasteiger partial charge on any atom is -0.330 e. The molecule has 0 spiro atoms. The minimum absolute atomic E-state index is 0.0514. The Hall–Kier alpha value is -1.28. The molecule has 114 valence electrons.